The first-order chi connectivity index (χ1) is 12.7. The average molecular weight is 353 g/mol. The van der Waals surface area contributed by atoms with E-state index in [0.717, 1.165) is 39.1 Å². The molecule has 0 aliphatic carbocycles. The van der Waals surface area contributed by atoms with Gasteiger partial charge in [-0.25, -0.2) is 9.97 Å². The van der Waals surface area contributed by atoms with E-state index in [1.165, 1.54) is 11.1 Å². The zero-order chi connectivity index (χ0) is 18.2. The van der Waals surface area contributed by atoms with Crippen molar-refractivity contribution in [1.29, 1.82) is 0 Å². The van der Waals surface area contributed by atoms with Crippen LogP contribution in [0.2, 0.25) is 0 Å². The molecule has 2 heterocycles. The minimum absolute atomic E-state index is 0.200. The third-order valence-electron chi connectivity index (χ3n) is 4.78. The average Bonchev–Trinajstić information content (AvgIpc) is 2.90. The molecule has 0 radical (unpaired) electrons. The van der Waals surface area contributed by atoms with Crippen LogP contribution in [-0.2, 0) is 11.3 Å². The summed E-state index contributed by atoms with van der Waals surface area (Å²) >= 11 is 0. The number of hydrogen-bond donors (Lipinski definition) is 1. The molecule has 0 bridgehead atoms. The molecular weight excluding hydrogens is 326 g/mol. The molecule has 1 fully saturated rings. The van der Waals surface area contributed by atoms with Crippen LogP contribution in [-0.4, -0.2) is 58.4 Å². The van der Waals surface area contributed by atoms with Gasteiger partial charge in [0.25, 0.3) is 0 Å². The molecule has 0 spiro atoms. The standard InChI is InChI=1S/C20H27N5O/c1-17-6-2-3-7-18(17)16-24-12-5-13-25(15-14-24)19(26)8-11-23-20-21-9-4-10-22-20/h2-4,6-7,9-10H,5,8,11-16H2,1H3,(H,21,22,23). The third-order valence-corrected chi connectivity index (χ3v) is 4.78. The molecule has 6 heteroatoms. The maximum absolute atomic E-state index is 12.5. The summed E-state index contributed by atoms with van der Waals surface area (Å²) in [5, 5.41) is 3.10. The first-order valence-corrected chi connectivity index (χ1v) is 9.28. The number of rotatable bonds is 6. The Hall–Kier alpha value is -2.47. The van der Waals surface area contributed by atoms with Crippen LogP contribution < -0.4 is 5.32 Å². The van der Waals surface area contributed by atoms with Gasteiger partial charge in [-0.15, -0.1) is 0 Å². The monoisotopic (exact) mass is 353 g/mol. The van der Waals surface area contributed by atoms with E-state index in [1.807, 2.05) is 4.90 Å². The van der Waals surface area contributed by atoms with Crippen LogP contribution in [0.1, 0.15) is 24.0 Å². The van der Waals surface area contributed by atoms with Gasteiger partial charge >= 0.3 is 0 Å². The van der Waals surface area contributed by atoms with Crippen molar-refractivity contribution in [3.63, 3.8) is 0 Å². The summed E-state index contributed by atoms with van der Waals surface area (Å²) in [4.78, 5) is 25.1. The highest BCUT2D eigenvalue weighted by molar-refractivity contribution is 5.76. The van der Waals surface area contributed by atoms with Crippen LogP contribution in [0.4, 0.5) is 5.95 Å². The number of anilines is 1. The summed E-state index contributed by atoms with van der Waals surface area (Å²) in [6, 6.07) is 10.3. The zero-order valence-corrected chi connectivity index (χ0v) is 15.4. The summed E-state index contributed by atoms with van der Waals surface area (Å²) in [5.74, 6) is 0.770. The van der Waals surface area contributed by atoms with Crippen LogP contribution >= 0.6 is 0 Å². The van der Waals surface area contributed by atoms with Gasteiger partial charge in [-0.1, -0.05) is 24.3 Å². The molecule has 1 amide bonds. The molecule has 2 aromatic rings. The molecule has 1 saturated heterocycles. The lowest BCUT2D eigenvalue weighted by Crippen LogP contribution is -2.36. The SMILES string of the molecule is Cc1ccccc1CN1CCCN(C(=O)CCNc2ncccn2)CC1. The minimum atomic E-state index is 0.200. The van der Waals surface area contributed by atoms with Gasteiger partial charge in [-0.05, 0) is 30.5 Å². The first-order valence-electron chi connectivity index (χ1n) is 9.28. The van der Waals surface area contributed by atoms with Crippen molar-refractivity contribution in [3.05, 3.63) is 53.9 Å². The number of hydrogen-bond acceptors (Lipinski definition) is 5. The highest BCUT2D eigenvalue weighted by Crippen LogP contribution is 2.13. The number of nitrogens with zero attached hydrogens (tertiary/aromatic N) is 4. The zero-order valence-electron chi connectivity index (χ0n) is 15.4. The van der Waals surface area contributed by atoms with E-state index in [1.54, 1.807) is 18.5 Å². The first kappa shape index (κ1) is 18.3. The Kier molecular flexibility index (Phi) is 6.55. The van der Waals surface area contributed by atoms with Crippen molar-refractivity contribution in [2.75, 3.05) is 38.0 Å². The lowest BCUT2D eigenvalue weighted by Gasteiger charge is -2.22. The van der Waals surface area contributed by atoms with E-state index < -0.39 is 0 Å². The maximum atomic E-state index is 12.5. The van der Waals surface area contributed by atoms with Crippen LogP contribution in [0, 0.1) is 6.92 Å². The fourth-order valence-electron chi connectivity index (χ4n) is 3.24. The number of benzene rings is 1. The number of carbonyl (C=O) groups is 1. The van der Waals surface area contributed by atoms with Gasteiger partial charge in [0.15, 0.2) is 0 Å². The molecule has 0 unspecified atom stereocenters. The fraction of sp³-hybridized carbons (Fsp3) is 0.450. The van der Waals surface area contributed by atoms with E-state index >= 15 is 0 Å². The molecule has 1 N–H and O–H groups in total. The van der Waals surface area contributed by atoms with Crippen molar-refractivity contribution in [2.24, 2.45) is 0 Å². The van der Waals surface area contributed by atoms with Crippen LogP contribution in [0.15, 0.2) is 42.7 Å². The van der Waals surface area contributed by atoms with Crippen molar-refractivity contribution in [3.8, 4) is 0 Å². The highest BCUT2D eigenvalue weighted by atomic mass is 16.2. The topological polar surface area (TPSA) is 61.4 Å². The Labute approximate surface area is 155 Å². The number of amides is 1. The normalized spacial score (nSPS) is 15.5. The highest BCUT2D eigenvalue weighted by Gasteiger charge is 2.19. The second kappa shape index (κ2) is 9.29. The van der Waals surface area contributed by atoms with E-state index in [2.05, 4.69) is 51.4 Å². The molecule has 1 aliphatic heterocycles. The van der Waals surface area contributed by atoms with E-state index in [0.29, 0.717) is 18.9 Å². The van der Waals surface area contributed by atoms with Gasteiger partial charge < -0.3 is 10.2 Å². The summed E-state index contributed by atoms with van der Waals surface area (Å²) in [5.41, 5.74) is 2.71. The van der Waals surface area contributed by atoms with E-state index in [-0.39, 0.29) is 5.91 Å². The van der Waals surface area contributed by atoms with Crippen molar-refractivity contribution < 1.29 is 4.79 Å². The van der Waals surface area contributed by atoms with Gasteiger partial charge in [0, 0.05) is 58.1 Å². The Morgan fingerprint density at radius 1 is 1.08 bits per heavy atom. The van der Waals surface area contributed by atoms with Crippen LogP contribution in [0.25, 0.3) is 0 Å². The number of aryl methyl sites for hydroxylation is 1. The van der Waals surface area contributed by atoms with Gasteiger partial charge in [0.05, 0.1) is 0 Å². The van der Waals surface area contributed by atoms with Gasteiger partial charge in [-0.3, -0.25) is 9.69 Å². The van der Waals surface area contributed by atoms with Gasteiger partial charge in [-0.2, -0.15) is 0 Å². The van der Waals surface area contributed by atoms with Crippen molar-refractivity contribution >= 4 is 11.9 Å². The second-order valence-corrected chi connectivity index (χ2v) is 6.69. The molecule has 0 atom stereocenters. The predicted octanol–water partition coefficient (Wildman–Crippen LogP) is 2.32. The Morgan fingerprint density at radius 3 is 2.69 bits per heavy atom. The lowest BCUT2D eigenvalue weighted by molar-refractivity contribution is -0.130. The summed E-state index contributed by atoms with van der Waals surface area (Å²) < 4.78 is 0. The van der Waals surface area contributed by atoms with Gasteiger partial charge in [0.1, 0.15) is 0 Å². The Balaban J connectivity index is 1.44. The van der Waals surface area contributed by atoms with Gasteiger partial charge in [0.2, 0.25) is 11.9 Å². The summed E-state index contributed by atoms with van der Waals surface area (Å²) in [6.07, 6.45) is 4.87. The minimum Gasteiger partial charge on any atom is -0.354 e. The van der Waals surface area contributed by atoms with Crippen LogP contribution in [0.3, 0.4) is 0 Å². The molecular formula is C20H27N5O. The largest absolute Gasteiger partial charge is 0.354 e. The third kappa shape index (κ3) is 5.26. The van der Waals surface area contributed by atoms with E-state index in [4.69, 9.17) is 0 Å². The lowest BCUT2D eigenvalue weighted by atomic mass is 10.1. The molecule has 1 aromatic carbocycles. The van der Waals surface area contributed by atoms with Crippen LogP contribution in [0.5, 0.6) is 0 Å². The number of nitrogens with one attached hydrogen (secondary N) is 1. The van der Waals surface area contributed by atoms with Crippen molar-refractivity contribution in [1.82, 2.24) is 19.8 Å². The molecule has 1 aromatic heterocycles. The molecule has 138 valence electrons. The molecule has 3 rings (SSSR count). The molecule has 0 saturated carbocycles. The second-order valence-electron chi connectivity index (χ2n) is 6.69. The Bertz CT molecular complexity index is 706. The molecule has 6 nitrogen and oxygen atoms in total. The Morgan fingerprint density at radius 2 is 1.88 bits per heavy atom. The number of carbonyl (C=O) groups excluding carboxylic acids is 1. The quantitative estimate of drug-likeness (QED) is 0.864. The maximum Gasteiger partial charge on any atom is 0.224 e. The number of aromatic nitrogens is 2. The molecule has 26 heavy (non-hydrogen) atoms. The summed E-state index contributed by atoms with van der Waals surface area (Å²) in [7, 11) is 0. The molecule has 1 aliphatic rings. The van der Waals surface area contributed by atoms with Crippen molar-refractivity contribution in [2.45, 2.75) is 26.3 Å². The fourth-order valence-corrected chi connectivity index (χ4v) is 3.24. The predicted molar refractivity (Wildman–Crippen MR) is 103 cm³/mol. The smallest absolute Gasteiger partial charge is 0.224 e. The summed E-state index contributed by atoms with van der Waals surface area (Å²) in [6.45, 7) is 7.28. The van der Waals surface area contributed by atoms with E-state index in [9.17, 15) is 4.79 Å².